The van der Waals surface area contributed by atoms with Gasteiger partial charge in [0.1, 0.15) is 31.0 Å². The van der Waals surface area contributed by atoms with Crippen molar-refractivity contribution in [1.29, 1.82) is 0 Å². The average Bonchev–Trinajstić information content (AvgIpc) is 3.11. The van der Waals surface area contributed by atoms with Crippen LogP contribution in [-0.2, 0) is 47.6 Å². The minimum atomic E-state index is -1.80. The number of ether oxygens (including phenoxy) is 6. The zero-order valence-corrected chi connectivity index (χ0v) is 31.3. The van der Waals surface area contributed by atoms with Crippen LogP contribution in [0, 0.1) is 0 Å². The van der Waals surface area contributed by atoms with Crippen molar-refractivity contribution >= 4 is 23.9 Å². The molecule has 51 heavy (non-hydrogen) atoms. The molecule has 14 heteroatoms. The highest BCUT2D eigenvalue weighted by Gasteiger charge is 2.53. The Kier molecular flexibility index (Phi) is 25.8. The highest BCUT2D eigenvalue weighted by atomic mass is 16.7. The second-order valence-electron chi connectivity index (χ2n) is 13.3. The molecule has 0 aliphatic carbocycles. The molecule has 1 fully saturated rings. The number of unbranched alkanes of at least 4 members (excludes halogenated alkanes) is 10. The molecule has 0 aromatic heterocycles. The summed E-state index contributed by atoms with van der Waals surface area (Å²) in [6.07, 6.45) is -1.08. The summed E-state index contributed by atoms with van der Waals surface area (Å²) in [4.78, 5) is 52.2. The number of aliphatic hydroxyl groups is 4. The molecule has 0 unspecified atom stereocenters. The molecule has 0 spiro atoms. The van der Waals surface area contributed by atoms with E-state index in [2.05, 4.69) is 6.92 Å². The maximum Gasteiger partial charge on any atom is 0.306 e. The van der Waals surface area contributed by atoms with Gasteiger partial charge in [0.15, 0.2) is 24.6 Å². The summed E-state index contributed by atoms with van der Waals surface area (Å²) >= 11 is 0. The Hall–Kier alpha value is -2.36. The van der Waals surface area contributed by atoms with Crippen LogP contribution in [-0.4, -0.2) is 113 Å². The van der Waals surface area contributed by atoms with Crippen molar-refractivity contribution in [2.75, 3.05) is 19.8 Å². The van der Waals surface area contributed by atoms with Gasteiger partial charge in [0.05, 0.1) is 13.2 Å². The third kappa shape index (κ3) is 19.3. The molecule has 1 aliphatic rings. The van der Waals surface area contributed by atoms with Gasteiger partial charge in [0.25, 0.3) is 0 Å². The molecule has 4 N–H and O–H groups in total. The first-order valence-electron chi connectivity index (χ1n) is 19.2. The number of hydrogen-bond donors (Lipinski definition) is 4. The first kappa shape index (κ1) is 46.7. The Bertz CT molecular complexity index is 962. The molecule has 0 aromatic carbocycles. The van der Waals surface area contributed by atoms with Gasteiger partial charge in [-0.3, -0.25) is 19.2 Å². The number of hydrogen-bond acceptors (Lipinski definition) is 14. The summed E-state index contributed by atoms with van der Waals surface area (Å²) in [5.74, 6) is -2.41. The lowest BCUT2D eigenvalue weighted by Gasteiger charge is -2.44. The summed E-state index contributed by atoms with van der Waals surface area (Å²) in [5.41, 5.74) is 0. The van der Waals surface area contributed by atoms with Gasteiger partial charge < -0.3 is 48.8 Å². The smallest absolute Gasteiger partial charge is 0.306 e. The zero-order valence-electron chi connectivity index (χ0n) is 31.3. The third-order valence-electron chi connectivity index (χ3n) is 8.65. The van der Waals surface area contributed by atoms with E-state index in [0.717, 1.165) is 64.2 Å². The molecule has 14 nitrogen and oxygen atoms in total. The Morgan fingerprint density at radius 3 is 1.51 bits per heavy atom. The molecule has 0 aromatic rings. The topological polar surface area (TPSA) is 205 Å². The van der Waals surface area contributed by atoms with Gasteiger partial charge in [0.2, 0.25) is 0 Å². The maximum atomic E-state index is 13.2. The van der Waals surface area contributed by atoms with E-state index in [0.29, 0.717) is 25.7 Å². The molecule has 0 radical (unpaired) electrons. The van der Waals surface area contributed by atoms with Crippen LogP contribution in [0.2, 0.25) is 0 Å². The van der Waals surface area contributed by atoms with Crippen LogP contribution in [0.5, 0.6) is 0 Å². The summed E-state index contributed by atoms with van der Waals surface area (Å²) in [6, 6.07) is 0. The summed E-state index contributed by atoms with van der Waals surface area (Å²) in [5, 5.41) is 39.8. The van der Waals surface area contributed by atoms with Crippen LogP contribution in [0.25, 0.3) is 0 Å². The van der Waals surface area contributed by atoms with E-state index in [-0.39, 0.29) is 25.7 Å². The molecule has 1 aliphatic heterocycles. The highest BCUT2D eigenvalue weighted by molar-refractivity contribution is 5.72. The fraction of sp³-hybridized carbons (Fsp3) is 0.892. The van der Waals surface area contributed by atoms with Gasteiger partial charge in [-0.05, 0) is 25.7 Å². The second-order valence-corrected chi connectivity index (χ2v) is 13.3. The monoisotopic (exact) mass is 734 g/mol. The first-order valence-corrected chi connectivity index (χ1v) is 19.2. The molecule has 1 rings (SSSR count). The van der Waals surface area contributed by atoms with Crippen molar-refractivity contribution in [1.82, 2.24) is 0 Å². The van der Waals surface area contributed by atoms with E-state index >= 15 is 0 Å². The Morgan fingerprint density at radius 1 is 0.569 bits per heavy atom. The van der Waals surface area contributed by atoms with Crippen molar-refractivity contribution in [3.8, 4) is 0 Å². The van der Waals surface area contributed by atoms with Crippen molar-refractivity contribution in [2.45, 2.75) is 192 Å². The Morgan fingerprint density at radius 2 is 1.00 bits per heavy atom. The van der Waals surface area contributed by atoms with E-state index < -0.39 is 92.7 Å². The first-order chi connectivity index (χ1) is 24.5. The lowest BCUT2D eigenvalue weighted by atomic mass is 9.97. The van der Waals surface area contributed by atoms with Crippen molar-refractivity contribution in [3.63, 3.8) is 0 Å². The van der Waals surface area contributed by atoms with Crippen molar-refractivity contribution in [3.05, 3.63) is 0 Å². The summed E-state index contributed by atoms with van der Waals surface area (Å²) in [7, 11) is 0. The molecule has 0 bridgehead atoms. The fourth-order valence-corrected chi connectivity index (χ4v) is 5.52. The quantitative estimate of drug-likeness (QED) is 0.0484. The Balaban J connectivity index is 3.52. The number of carbonyl (C=O) groups excluding carboxylic acids is 4. The molecule has 8 atom stereocenters. The van der Waals surface area contributed by atoms with Crippen LogP contribution < -0.4 is 0 Å². The number of carbonyl (C=O) groups is 4. The van der Waals surface area contributed by atoms with Crippen LogP contribution >= 0.6 is 0 Å². The van der Waals surface area contributed by atoms with E-state index in [1.165, 1.54) is 0 Å². The van der Waals surface area contributed by atoms with Gasteiger partial charge >= 0.3 is 23.9 Å². The van der Waals surface area contributed by atoms with Crippen LogP contribution in [0.3, 0.4) is 0 Å². The fourth-order valence-electron chi connectivity index (χ4n) is 5.52. The van der Waals surface area contributed by atoms with E-state index in [1.807, 2.05) is 20.8 Å². The molecule has 0 amide bonds. The minimum Gasteiger partial charge on any atom is -0.463 e. The predicted molar refractivity (Wildman–Crippen MR) is 186 cm³/mol. The summed E-state index contributed by atoms with van der Waals surface area (Å²) in [6.45, 7) is 6.13. The largest absolute Gasteiger partial charge is 0.463 e. The van der Waals surface area contributed by atoms with Gasteiger partial charge in [0, 0.05) is 25.7 Å². The van der Waals surface area contributed by atoms with Crippen LogP contribution in [0.1, 0.15) is 143 Å². The van der Waals surface area contributed by atoms with Crippen LogP contribution in [0.15, 0.2) is 0 Å². The summed E-state index contributed by atoms with van der Waals surface area (Å²) < 4.78 is 35.2. The molecule has 0 saturated carbocycles. The maximum absolute atomic E-state index is 13.2. The SMILES string of the molecule is CCCCCCCC(=O)O[C@H]1[C@H](OC[C@@H](O)[C@@H](O)[C@H](O)CO)O[C@H](COC(=O)CCCCC)[C@@H](OC(=O)CCCCC)[C@@H]1OC(=O)CCCCC. The lowest BCUT2D eigenvalue weighted by Crippen LogP contribution is -2.63. The highest BCUT2D eigenvalue weighted by Crippen LogP contribution is 2.31. The third-order valence-corrected chi connectivity index (χ3v) is 8.65. The molecular weight excluding hydrogens is 668 g/mol. The number of rotatable bonds is 29. The van der Waals surface area contributed by atoms with Crippen molar-refractivity contribution < 1.29 is 68.0 Å². The van der Waals surface area contributed by atoms with Gasteiger partial charge in [-0.1, -0.05) is 91.9 Å². The molecule has 1 heterocycles. The molecule has 1 saturated heterocycles. The molecular formula is C37H66O14. The molecule has 298 valence electrons. The van der Waals surface area contributed by atoms with E-state index in [4.69, 9.17) is 28.4 Å². The standard InChI is InChI=1S/C37H66O14/c1-5-9-13-14-18-22-32(44)51-36-35(50-31(43)21-17-12-8-4)34(49-30(42)20-16-11-7-3)28(25-46-29(41)19-15-10-6-2)48-37(36)47-24-27(40)33(45)26(39)23-38/h26-28,33-40,45H,5-25H2,1-4H3/t26-,27-,28-,33+,34-,35+,36-,37-/m1/s1. The zero-order chi connectivity index (χ0) is 38.0. The minimum absolute atomic E-state index is 0.0347. The van der Waals surface area contributed by atoms with Crippen LogP contribution in [0.4, 0.5) is 0 Å². The van der Waals surface area contributed by atoms with E-state index in [1.54, 1.807) is 0 Å². The Labute approximate surface area is 303 Å². The second kappa shape index (κ2) is 28.2. The van der Waals surface area contributed by atoms with Gasteiger partial charge in [-0.15, -0.1) is 0 Å². The van der Waals surface area contributed by atoms with Gasteiger partial charge in [-0.2, -0.15) is 0 Å². The number of esters is 4. The average molecular weight is 735 g/mol. The number of aliphatic hydroxyl groups excluding tert-OH is 4. The normalized spacial score (nSPS) is 22.1. The van der Waals surface area contributed by atoms with E-state index in [9.17, 15) is 39.6 Å². The van der Waals surface area contributed by atoms with Gasteiger partial charge in [-0.25, -0.2) is 0 Å². The predicted octanol–water partition coefficient (Wildman–Crippen LogP) is 4.18. The lowest BCUT2D eigenvalue weighted by molar-refractivity contribution is -0.313. The van der Waals surface area contributed by atoms with Crippen molar-refractivity contribution in [2.24, 2.45) is 0 Å².